The molecule has 0 aliphatic rings. The summed E-state index contributed by atoms with van der Waals surface area (Å²) in [5, 5.41) is 13.7. The molecule has 0 spiro atoms. The maximum absolute atomic E-state index is 11.2. The Morgan fingerprint density at radius 2 is 1.86 bits per heavy atom. The Balaban J connectivity index is 2.25. The van der Waals surface area contributed by atoms with Crippen molar-refractivity contribution in [1.82, 2.24) is 14.8 Å². The van der Waals surface area contributed by atoms with Crippen LogP contribution < -0.4 is 0 Å². The second-order valence-corrected chi connectivity index (χ2v) is 4.95. The van der Waals surface area contributed by atoms with Crippen molar-refractivity contribution >= 4 is 5.97 Å². The summed E-state index contributed by atoms with van der Waals surface area (Å²) in [7, 11) is 0. The third-order valence-corrected chi connectivity index (χ3v) is 3.43. The zero-order chi connectivity index (χ0) is 15.5. The van der Waals surface area contributed by atoms with Crippen LogP contribution in [-0.4, -0.2) is 25.8 Å². The van der Waals surface area contributed by atoms with Crippen molar-refractivity contribution in [2.24, 2.45) is 0 Å². The van der Waals surface area contributed by atoms with E-state index >= 15 is 0 Å². The van der Waals surface area contributed by atoms with Crippen molar-refractivity contribution in [3.63, 3.8) is 0 Å². The Labute approximate surface area is 127 Å². The molecule has 5 heteroatoms. The first kappa shape index (κ1) is 14.0. The van der Waals surface area contributed by atoms with Gasteiger partial charge in [0.2, 0.25) is 0 Å². The van der Waals surface area contributed by atoms with Crippen LogP contribution in [-0.2, 0) is 11.2 Å². The molecule has 2 aromatic heterocycles. The number of aryl methyl sites for hydroxylation is 1. The molecular weight excluding hydrogens is 278 g/mol. The van der Waals surface area contributed by atoms with Crippen LogP contribution in [0.25, 0.3) is 17.1 Å². The van der Waals surface area contributed by atoms with Crippen LogP contribution >= 0.6 is 0 Å². The highest BCUT2D eigenvalue weighted by molar-refractivity contribution is 5.76. The smallest absolute Gasteiger partial charge is 0.307 e. The fourth-order valence-electron chi connectivity index (χ4n) is 2.46. The van der Waals surface area contributed by atoms with Gasteiger partial charge in [-0.25, -0.2) is 9.67 Å². The van der Waals surface area contributed by atoms with E-state index in [4.69, 9.17) is 0 Å². The van der Waals surface area contributed by atoms with E-state index in [1.807, 2.05) is 55.5 Å². The van der Waals surface area contributed by atoms with Gasteiger partial charge in [0.25, 0.3) is 0 Å². The van der Waals surface area contributed by atoms with Gasteiger partial charge in [-0.1, -0.05) is 36.4 Å². The van der Waals surface area contributed by atoms with E-state index in [1.54, 1.807) is 10.9 Å². The molecule has 0 amide bonds. The van der Waals surface area contributed by atoms with Gasteiger partial charge in [0.15, 0.2) is 5.82 Å². The number of hydrogen-bond donors (Lipinski definition) is 1. The van der Waals surface area contributed by atoms with Crippen molar-refractivity contribution in [3.05, 3.63) is 66.0 Å². The third kappa shape index (κ3) is 2.61. The summed E-state index contributed by atoms with van der Waals surface area (Å²) in [6, 6.07) is 15.2. The molecule has 0 aliphatic carbocycles. The number of aliphatic carboxylic acids is 1. The topological polar surface area (TPSA) is 68.0 Å². The van der Waals surface area contributed by atoms with Crippen LogP contribution in [0.2, 0.25) is 0 Å². The van der Waals surface area contributed by atoms with E-state index in [0.29, 0.717) is 17.1 Å². The van der Waals surface area contributed by atoms with Crippen molar-refractivity contribution < 1.29 is 9.90 Å². The molecule has 0 aliphatic heterocycles. The second-order valence-electron chi connectivity index (χ2n) is 4.95. The van der Waals surface area contributed by atoms with E-state index < -0.39 is 5.97 Å². The van der Waals surface area contributed by atoms with Crippen LogP contribution in [0.3, 0.4) is 0 Å². The normalized spacial score (nSPS) is 10.6. The highest BCUT2D eigenvalue weighted by Crippen LogP contribution is 2.28. The summed E-state index contributed by atoms with van der Waals surface area (Å²) in [4.78, 5) is 15.5. The van der Waals surface area contributed by atoms with E-state index in [1.165, 1.54) is 0 Å². The molecule has 2 heterocycles. The van der Waals surface area contributed by atoms with Gasteiger partial charge in [0.1, 0.15) is 0 Å². The van der Waals surface area contributed by atoms with Crippen molar-refractivity contribution in [2.45, 2.75) is 13.3 Å². The van der Waals surface area contributed by atoms with E-state index in [0.717, 1.165) is 11.3 Å². The van der Waals surface area contributed by atoms with E-state index in [-0.39, 0.29) is 6.42 Å². The molecular formula is C17H15N3O2. The molecule has 0 radical (unpaired) electrons. The number of hydrogen-bond acceptors (Lipinski definition) is 3. The lowest BCUT2D eigenvalue weighted by Gasteiger charge is -2.08. The molecule has 3 aromatic rings. The number of pyridine rings is 1. The fraction of sp³-hybridized carbons (Fsp3) is 0.118. The first-order valence-electron chi connectivity index (χ1n) is 6.94. The van der Waals surface area contributed by atoms with Crippen LogP contribution in [0.15, 0.2) is 54.7 Å². The minimum atomic E-state index is -0.874. The van der Waals surface area contributed by atoms with Crippen LogP contribution in [0.4, 0.5) is 0 Å². The molecule has 110 valence electrons. The zero-order valence-electron chi connectivity index (χ0n) is 12.1. The average molecular weight is 293 g/mol. The lowest BCUT2D eigenvalue weighted by atomic mass is 10.0. The van der Waals surface area contributed by atoms with Crippen molar-refractivity contribution in [3.8, 4) is 17.1 Å². The minimum Gasteiger partial charge on any atom is -0.481 e. The number of nitrogens with zero attached hydrogens (tertiary/aromatic N) is 3. The van der Waals surface area contributed by atoms with Gasteiger partial charge in [0.05, 0.1) is 17.8 Å². The number of carboxylic acid groups (broad SMARTS) is 1. The highest BCUT2D eigenvalue weighted by Gasteiger charge is 2.20. The van der Waals surface area contributed by atoms with Gasteiger partial charge in [-0.15, -0.1) is 0 Å². The first-order chi connectivity index (χ1) is 10.7. The van der Waals surface area contributed by atoms with Gasteiger partial charge in [0, 0.05) is 17.3 Å². The average Bonchev–Trinajstić information content (AvgIpc) is 2.85. The molecule has 0 fully saturated rings. The predicted molar refractivity (Wildman–Crippen MR) is 82.9 cm³/mol. The molecule has 5 nitrogen and oxygen atoms in total. The summed E-state index contributed by atoms with van der Waals surface area (Å²) < 4.78 is 1.71. The van der Waals surface area contributed by atoms with Gasteiger partial charge in [-0.3, -0.25) is 4.79 Å². The standard InChI is InChI=1S/C17H15N3O2/c1-12-14(11-16(21)22)17(13-7-3-2-4-8-13)20(19-12)15-9-5-6-10-18-15/h2-10H,11H2,1H3,(H,21,22). The molecule has 1 N–H and O–H groups in total. The number of carbonyl (C=O) groups is 1. The number of aromatic nitrogens is 3. The van der Waals surface area contributed by atoms with Crippen LogP contribution in [0, 0.1) is 6.92 Å². The van der Waals surface area contributed by atoms with E-state index in [9.17, 15) is 9.90 Å². The fourth-order valence-corrected chi connectivity index (χ4v) is 2.46. The van der Waals surface area contributed by atoms with Crippen LogP contribution in [0.5, 0.6) is 0 Å². The third-order valence-electron chi connectivity index (χ3n) is 3.43. The van der Waals surface area contributed by atoms with Crippen molar-refractivity contribution in [1.29, 1.82) is 0 Å². The van der Waals surface area contributed by atoms with Gasteiger partial charge < -0.3 is 5.11 Å². The van der Waals surface area contributed by atoms with Gasteiger partial charge in [-0.05, 0) is 19.1 Å². The lowest BCUT2D eigenvalue weighted by molar-refractivity contribution is -0.136. The summed E-state index contributed by atoms with van der Waals surface area (Å²) >= 11 is 0. The zero-order valence-corrected chi connectivity index (χ0v) is 12.1. The monoisotopic (exact) mass is 293 g/mol. The quantitative estimate of drug-likeness (QED) is 0.803. The summed E-state index contributed by atoms with van der Waals surface area (Å²) in [5.74, 6) is -0.207. The largest absolute Gasteiger partial charge is 0.481 e. The van der Waals surface area contributed by atoms with E-state index in [2.05, 4.69) is 10.1 Å². The minimum absolute atomic E-state index is 0.0666. The maximum Gasteiger partial charge on any atom is 0.307 e. The Bertz CT molecular complexity index is 796. The summed E-state index contributed by atoms with van der Waals surface area (Å²) in [6.45, 7) is 1.82. The number of rotatable bonds is 4. The van der Waals surface area contributed by atoms with Crippen LogP contribution in [0.1, 0.15) is 11.3 Å². The molecule has 0 bridgehead atoms. The molecule has 22 heavy (non-hydrogen) atoms. The Kier molecular flexibility index (Phi) is 3.70. The van der Waals surface area contributed by atoms with Gasteiger partial charge >= 0.3 is 5.97 Å². The summed E-state index contributed by atoms with van der Waals surface area (Å²) in [5.41, 5.74) is 3.11. The predicted octanol–water partition coefficient (Wildman–Crippen LogP) is 2.87. The van der Waals surface area contributed by atoms with Gasteiger partial charge in [-0.2, -0.15) is 5.10 Å². The first-order valence-corrected chi connectivity index (χ1v) is 6.94. The maximum atomic E-state index is 11.2. The highest BCUT2D eigenvalue weighted by atomic mass is 16.4. The molecule has 0 atom stereocenters. The molecule has 0 unspecified atom stereocenters. The molecule has 3 rings (SSSR count). The molecule has 0 saturated carbocycles. The number of carboxylic acids is 1. The van der Waals surface area contributed by atoms with Crippen molar-refractivity contribution in [2.75, 3.05) is 0 Å². The Morgan fingerprint density at radius 1 is 1.14 bits per heavy atom. The number of benzene rings is 1. The molecule has 1 aromatic carbocycles. The lowest BCUT2D eigenvalue weighted by Crippen LogP contribution is -2.04. The summed E-state index contributed by atoms with van der Waals surface area (Å²) in [6.07, 6.45) is 1.63. The SMILES string of the molecule is Cc1nn(-c2ccccn2)c(-c2ccccc2)c1CC(=O)O. The second kappa shape index (κ2) is 5.81. The Hall–Kier alpha value is -2.95. The molecule has 0 saturated heterocycles. The Morgan fingerprint density at radius 3 is 2.50 bits per heavy atom.